The molecule has 1 saturated carbocycles. The molecule has 14 heavy (non-hydrogen) atoms. The molecule has 0 bridgehead atoms. The van der Waals surface area contributed by atoms with Crippen molar-refractivity contribution in [3.8, 4) is 0 Å². The Morgan fingerprint density at radius 2 is 2.21 bits per heavy atom. The fourth-order valence-electron chi connectivity index (χ4n) is 1.53. The lowest BCUT2D eigenvalue weighted by Crippen LogP contribution is -2.14. The van der Waals surface area contributed by atoms with Gasteiger partial charge in [-0.2, -0.15) is 0 Å². The summed E-state index contributed by atoms with van der Waals surface area (Å²) in [5.41, 5.74) is 2.22. The Balaban J connectivity index is 2.13. The Bertz CT molecular complexity index is 318. The van der Waals surface area contributed by atoms with E-state index in [9.17, 15) is 0 Å². The zero-order valence-electron chi connectivity index (χ0n) is 8.88. The molecule has 1 heterocycles. The van der Waals surface area contributed by atoms with Gasteiger partial charge in [-0.15, -0.1) is 0 Å². The van der Waals surface area contributed by atoms with Crippen molar-refractivity contribution < 1.29 is 0 Å². The van der Waals surface area contributed by atoms with E-state index in [1.807, 2.05) is 6.92 Å². The summed E-state index contributed by atoms with van der Waals surface area (Å²) in [5, 5.41) is 3.29. The molecule has 0 radical (unpaired) electrons. The van der Waals surface area contributed by atoms with Gasteiger partial charge in [-0.05, 0) is 32.4 Å². The van der Waals surface area contributed by atoms with Crippen molar-refractivity contribution in [2.75, 3.05) is 6.54 Å². The highest BCUT2D eigenvalue weighted by Crippen LogP contribution is 2.37. The largest absolute Gasteiger partial charge is 0.311 e. The van der Waals surface area contributed by atoms with Crippen molar-refractivity contribution in [1.82, 2.24) is 15.3 Å². The summed E-state index contributed by atoms with van der Waals surface area (Å²) in [6.07, 6.45) is 2.54. The number of rotatable bonds is 4. The molecular formula is C11H17N3. The zero-order valence-corrected chi connectivity index (χ0v) is 8.88. The average molecular weight is 191 g/mol. The molecule has 0 amide bonds. The highest BCUT2D eigenvalue weighted by Gasteiger charge is 2.26. The van der Waals surface area contributed by atoms with Gasteiger partial charge in [0.15, 0.2) is 0 Å². The van der Waals surface area contributed by atoms with Crippen molar-refractivity contribution in [2.45, 2.75) is 39.2 Å². The van der Waals surface area contributed by atoms with Crippen LogP contribution in [0.5, 0.6) is 0 Å². The van der Waals surface area contributed by atoms with E-state index in [1.165, 1.54) is 12.8 Å². The van der Waals surface area contributed by atoms with Crippen LogP contribution >= 0.6 is 0 Å². The molecule has 2 rings (SSSR count). The third-order valence-corrected chi connectivity index (χ3v) is 2.42. The second-order valence-electron chi connectivity index (χ2n) is 3.91. The minimum Gasteiger partial charge on any atom is -0.311 e. The average Bonchev–Trinajstić information content (AvgIpc) is 2.97. The first kappa shape index (κ1) is 9.59. The second-order valence-corrected chi connectivity index (χ2v) is 3.91. The molecule has 76 valence electrons. The topological polar surface area (TPSA) is 37.8 Å². The molecular weight excluding hydrogens is 174 g/mol. The molecule has 1 N–H and O–H groups in total. The molecule has 0 spiro atoms. The van der Waals surface area contributed by atoms with Gasteiger partial charge in [0, 0.05) is 18.2 Å². The van der Waals surface area contributed by atoms with Gasteiger partial charge in [0.2, 0.25) is 0 Å². The van der Waals surface area contributed by atoms with Gasteiger partial charge in [-0.25, -0.2) is 9.97 Å². The van der Waals surface area contributed by atoms with Crippen LogP contribution in [0.15, 0.2) is 6.07 Å². The molecule has 0 aromatic carbocycles. The molecule has 0 aliphatic heterocycles. The van der Waals surface area contributed by atoms with E-state index in [2.05, 4.69) is 28.3 Å². The first-order valence-electron chi connectivity index (χ1n) is 5.34. The third kappa shape index (κ3) is 2.29. The minimum absolute atomic E-state index is 0.648. The van der Waals surface area contributed by atoms with Gasteiger partial charge in [0.1, 0.15) is 5.82 Å². The normalized spacial score (nSPS) is 15.9. The van der Waals surface area contributed by atoms with Crippen LogP contribution in [0.4, 0.5) is 0 Å². The fraction of sp³-hybridized carbons (Fsp3) is 0.636. The lowest BCUT2D eigenvalue weighted by atomic mass is 10.3. The minimum atomic E-state index is 0.648. The van der Waals surface area contributed by atoms with Crippen LogP contribution in [0.1, 0.15) is 42.9 Å². The van der Waals surface area contributed by atoms with Crippen molar-refractivity contribution in [3.63, 3.8) is 0 Å². The molecule has 3 nitrogen and oxygen atoms in total. The number of hydrogen-bond acceptors (Lipinski definition) is 3. The van der Waals surface area contributed by atoms with E-state index in [4.69, 9.17) is 0 Å². The molecule has 0 atom stereocenters. The summed E-state index contributed by atoms with van der Waals surface area (Å²) in [6, 6.07) is 2.06. The molecule has 1 aromatic heterocycles. The van der Waals surface area contributed by atoms with Crippen molar-refractivity contribution in [2.24, 2.45) is 0 Å². The number of aromatic nitrogens is 2. The Kier molecular flexibility index (Phi) is 2.77. The number of nitrogens with zero attached hydrogens (tertiary/aromatic N) is 2. The van der Waals surface area contributed by atoms with E-state index in [-0.39, 0.29) is 0 Å². The highest BCUT2D eigenvalue weighted by molar-refractivity contribution is 5.14. The van der Waals surface area contributed by atoms with E-state index >= 15 is 0 Å². The molecule has 1 aliphatic rings. The fourth-order valence-corrected chi connectivity index (χ4v) is 1.53. The SMILES string of the molecule is CCNCc1cc(C)nc(C2CC2)n1. The molecule has 0 unspecified atom stereocenters. The standard InChI is InChI=1S/C11H17N3/c1-3-12-7-10-6-8(2)13-11(14-10)9-4-5-9/h6,9,12H,3-5,7H2,1-2H3. The Labute approximate surface area is 85.0 Å². The smallest absolute Gasteiger partial charge is 0.131 e. The van der Waals surface area contributed by atoms with Crippen LogP contribution in [-0.2, 0) is 6.54 Å². The van der Waals surface area contributed by atoms with Crippen molar-refractivity contribution in [1.29, 1.82) is 0 Å². The molecule has 1 aromatic rings. The van der Waals surface area contributed by atoms with E-state index in [0.717, 1.165) is 30.3 Å². The van der Waals surface area contributed by atoms with E-state index in [0.29, 0.717) is 5.92 Å². The molecule has 1 fully saturated rings. The second kappa shape index (κ2) is 4.05. The maximum Gasteiger partial charge on any atom is 0.131 e. The predicted octanol–water partition coefficient (Wildman–Crippen LogP) is 1.77. The molecule has 1 aliphatic carbocycles. The van der Waals surface area contributed by atoms with Crippen LogP contribution in [0.2, 0.25) is 0 Å². The Morgan fingerprint density at radius 1 is 1.43 bits per heavy atom. The zero-order chi connectivity index (χ0) is 9.97. The van der Waals surface area contributed by atoms with Gasteiger partial charge in [0.25, 0.3) is 0 Å². The summed E-state index contributed by atoms with van der Waals surface area (Å²) in [7, 11) is 0. The van der Waals surface area contributed by atoms with E-state index in [1.54, 1.807) is 0 Å². The summed E-state index contributed by atoms with van der Waals surface area (Å²) in [6.45, 7) is 6.00. The quantitative estimate of drug-likeness (QED) is 0.788. The summed E-state index contributed by atoms with van der Waals surface area (Å²) in [5.74, 6) is 1.70. The Hall–Kier alpha value is -0.960. The maximum absolute atomic E-state index is 4.56. The van der Waals surface area contributed by atoms with Gasteiger partial charge < -0.3 is 5.32 Å². The van der Waals surface area contributed by atoms with Crippen LogP contribution in [0.25, 0.3) is 0 Å². The number of aryl methyl sites for hydroxylation is 1. The van der Waals surface area contributed by atoms with Crippen molar-refractivity contribution >= 4 is 0 Å². The maximum atomic E-state index is 4.56. The van der Waals surface area contributed by atoms with Gasteiger partial charge >= 0.3 is 0 Å². The van der Waals surface area contributed by atoms with Gasteiger partial charge in [-0.1, -0.05) is 6.92 Å². The van der Waals surface area contributed by atoms with Gasteiger partial charge in [0.05, 0.1) is 5.69 Å². The van der Waals surface area contributed by atoms with Crippen LogP contribution in [-0.4, -0.2) is 16.5 Å². The Morgan fingerprint density at radius 3 is 2.86 bits per heavy atom. The van der Waals surface area contributed by atoms with Crippen LogP contribution < -0.4 is 5.32 Å². The van der Waals surface area contributed by atoms with Gasteiger partial charge in [-0.3, -0.25) is 0 Å². The lowest BCUT2D eigenvalue weighted by molar-refractivity contribution is 0.698. The highest BCUT2D eigenvalue weighted by atomic mass is 14.9. The first-order chi connectivity index (χ1) is 6.79. The molecule has 0 saturated heterocycles. The summed E-state index contributed by atoms with van der Waals surface area (Å²) in [4.78, 5) is 9.02. The monoisotopic (exact) mass is 191 g/mol. The number of nitrogens with one attached hydrogen (secondary N) is 1. The molecule has 3 heteroatoms. The third-order valence-electron chi connectivity index (χ3n) is 2.42. The summed E-state index contributed by atoms with van der Waals surface area (Å²) < 4.78 is 0. The number of hydrogen-bond donors (Lipinski definition) is 1. The van der Waals surface area contributed by atoms with E-state index < -0.39 is 0 Å². The lowest BCUT2D eigenvalue weighted by Gasteiger charge is -2.05. The predicted molar refractivity (Wildman–Crippen MR) is 56.1 cm³/mol. The van der Waals surface area contributed by atoms with Crippen molar-refractivity contribution in [3.05, 3.63) is 23.3 Å². The van der Waals surface area contributed by atoms with Crippen LogP contribution in [0, 0.1) is 6.92 Å². The first-order valence-corrected chi connectivity index (χ1v) is 5.34. The summed E-state index contributed by atoms with van der Waals surface area (Å²) >= 11 is 0. The van der Waals surface area contributed by atoms with Crippen LogP contribution in [0.3, 0.4) is 0 Å².